The zero-order chi connectivity index (χ0) is 24.5. The van der Waals surface area contributed by atoms with E-state index in [4.69, 9.17) is 18.9 Å². The molecule has 0 aliphatic rings. The van der Waals surface area contributed by atoms with Crippen LogP contribution in [0.4, 0.5) is 5.00 Å². The molecule has 1 heterocycles. The number of nitrogens with one attached hydrogen (secondary N) is 1. The molecule has 0 unspecified atom stereocenters. The molecule has 0 spiro atoms. The van der Waals surface area contributed by atoms with Crippen LogP contribution in [0, 0.1) is 0 Å². The number of carbonyl (C=O) groups excluding carboxylic acids is 2. The number of anilines is 1. The molecule has 0 fully saturated rings. The Morgan fingerprint density at radius 2 is 1.70 bits per heavy atom. The molecule has 7 nitrogen and oxygen atoms in total. The van der Waals surface area contributed by atoms with Crippen LogP contribution in [0.5, 0.6) is 17.2 Å². The van der Waals surface area contributed by atoms with Gasteiger partial charge in [0.2, 0.25) is 5.75 Å². The van der Waals surface area contributed by atoms with Gasteiger partial charge in [-0.3, -0.25) is 4.79 Å². The van der Waals surface area contributed by atoms with Gasteiger partial charge in [0.15, 0.2) is 11.5 Å². The lowest BCUT2D eigenvalue weighted by Crippen LogP contribution is -2.14. The van der Waals surface area contributed by atoms with E-state index in [9.17, 15) is 9.59 Å². The molecular formula is C25H33NO6S. The van der Waals surface area contributed by atoms with Gasteiger partial charge in [-0.05, 0) is 57.7 Å². The second kappa shape index (κ2) is 12.3. The quantitative estimate of drug-likeness (QED) is 0.314. The van der Waals surface area contributed by atoms with E-state index in [-0.39, 0.29) is 12.5 Å². The summed E-state index contributed by atoms with van der Waals surface area (Å²) in [5, 5.41) is 3.33. The zero-order valence-corrected chi connectivity index (χ0v) is 21.2. The summed E-state index contributed by atoms with van der Waals surface area (Å²) in [6.45, 7) is 8.27. The van der Waals surface area contributed by atoms with Gasteiger partial charge in [0.1, 0.15) is 5.00 Å². The molecule has 1 atom stereocenters. The van der Waals surface area contributed by atoms with Crippen molar-refractivity contribution in [3.05, 3.63) is 45.9 Å². The van der Waals surface area contributed by atoms with Crippen molar-refractivity contribution in [1.29, 1.82) is 0 Å². The summed E-state index contributed by atoms with van der Waals surface area (Å²) < 4.78 is 21.2. The number of carbonyl (C=O) groups is 2. The van der Waals surface area contributed by atoms with Crippen LogP contribution in [-0.2, 0) is 4.74 Å². The van der Waals surface area contributed by atoms with Crippen LogP contribution in [0.15, 0.2) is 29.8 Å². The van der Waals surface area contributed by atoms with Crippen molar-refractivity contribution in [1.82, 2.24) is 0 Å². The molecule has 180 valence electrons. The van der Waals surface area contributed by atoms with Gasteiger partial charge in [-0.1, -0.05) is 18.6 Å². The Labute approximate surface area is 199 Å². The Balaban J connectivity index is 2.36. The van der Waals surface area contributed by atoms with Gasteiger partial charge >= 0.3 is 5.97 Å². The minimum atomic E-state index is -0.461. The molecule has 0 aliphatic carbocycles. The molecule has 0 aliphatic heterocycles. The van der Waals surface area contributed by atoms with Crippen molar-refractivity contribution < 1.29 is 28.5 Å². The molecule has 0 saturated carbocycles. The highest BCUT2D eigenvalue weighted by atomic mass is 32.1. The molecule has 1 N–H and O–H groups in total. The maximum absolute atomic E-state index is 13.1. The standard InChI is InChI=1S/C25H33NO6S/c1-8-32-25(28)18-14-21(16(4)11-9-10-15(2)3)33-24(18)26-23(27)17-12-19(29-5)22(31-7)20(13-17)30-6/h10,12-14,16H,8-9,11H2,1-7H3,(H,26,27)/t16-/m0/s1. The molecular weight excluding hydrogens is 442 g/mol. The molecule has 1 aromatic carbocycles. The monoisotopic (exact) mass is 475 g/mol. The molecule has 2 aromatic rings. The largest absolute Gasteiger partial charge is 0.493 e. The number of ether oxygens (including phenoxy) is 4. The first kappa shape index (κ1) is 26.3. The number of rotatable bonds is 11. The number of methoxy groups -OCH3 is 3. The molecule has 0 radical (unpaired) electrons. The van der Waals surface area contributed by atoms with E-state index >= 15 is 0 Å². The summed E-state index contributed by atoms with van der Waals surface area (Å²) in [6.07, 6.45) is 4.08. The van der Waals surface area contributed by atoms with Crippen LogP contribution in [0.1, 0.15) is 72.0 Å². The summed E-state index contributed by atoms with van der Waals surface area (Å²) in [4.78, 5) is 26.7. The fraction of sp³-hybridized carbons (Fsp3) is 0.440. The van der Waals surface area contributed by atoms with Gasteiger partial charge in [0.25, 0.3) is 5.91 Å². The lowest BCUT2D eigenvalue weighted by Gasteiger charge is -2.14. The van der Waals surface area contributed by atoms with Crippen molar-refractivity contribution in [2.24, 2.45) is 0 Å². The number of hydrogen-bond donors (Lipinski definition) is 1. The van der Waals surface area contributed by atoms with Crippen LogP contribution >= 0.6 is 11.3 Å². The minimum Gasteiger partial charge on any atom is -0.493 e. The highest BCUT2D eigenvalue weighted by molar-refractivity contribution is 7.16. The summed E-state index contributed by atoms with van der Waals surface area (Å²) in [5.41, 5.74) is 1.94. The van der Waals surface area contributed by atoms with E-state index in [0.717, 1.165) is 17.7 Å². The second-order valence-electron chi connectivity index (χ2n) is 7.74. The first-order chi connectivity index (χ1) is 15.7. The van der Waals surface area contributed by atoms with Crippen molar-refractivity contribution in [3.8, 4) is 17.2 Å². The van der Waals surface area contributed by atoms with Crippen molar-refractivity contribution in [3.63, 3.8) is 0 Å². The van der Waals surface area contributed by atoms with E-state index < -0.39 is 11.9 Å². The van der Waals surface area contributed by atoms with E-state index in [1.165, 1.54) is 38.2 Å². The highest BCUT2D eigenvalue weighted by Crippen LogP contribution is 2.39. The van der Waals surface area contributed by atoms with Gasteiger partial charge in [0, 0.05) is 10.4 Å². The highest BCUT2D eigenvalue weighted by Gasteiger charge is 2.23. The first-order valence-corrected chi connectivity index (χ1v) is 11.6. The Bertz CT molecular complexity index is 981. The van der Waals surface area contributed by atoms with Gasteiger partial charge in [0.05, 0.1) is 33.5 Å². The Kier molecular flexibility index (Phi) is 9.78. The molecule has 0 saturated heterocycles. The maximum atomic E-state index is 13.1. The summed E-state index contributed by atoms with van der Waals surface area (Å²) in [6, 6.07) is 4.95. The van der Waals surface area contributed by atoms with Crippen LogP contribution < -0.4 is 19.5 Å². The third-order valence-electron chi connectivity index (χ3n) is 5.04. The predicted molar refractivity (Wildman–Crippen MR) is 131 cm³/mol. The third kappa shape index (κ3) is 6.74. The third-order valence-corrected chi connectivity index (χ3v) is 6.32. The van der Waals surface area contributed by atoms with E-state index in [1.807, 2.05) is 6.07 Å². The van der Waals surface area contributed by atoms with Gasteiger partial charge in [-0.2, -0.15) is 0 Å². The second-order valence-corrected chi connectivity index (χ2v) is 8.82. The van der Waals surface area contributed by atoms with Crippen LogP contribution in [-0.4, -0.2) is 39.8 Å². The van der Waals surface area contributed by atoms with Gasteiger partial charge in [-0.25, -0.2) is 4.79 Å². The minimum absolute atomic E-state index is 0.227. The smallest absolute Gasteiger partial charge is 0.341 e. The summed E-state index contributed by atoms with van der Waals surface area (Å²) >= 11 is 1.39. The van der Waals surface area contributed by atoms with Crippen molar-refractivity contribution in [2.45, 2.75) is 46.5 Å². The molecule has 1 aromatic heterocycles. The number of allylic oxidation sites excluding steroid dienone is 2. The van der Waals surface area contributed by atoms with Crippen molar-refractivity contribution in [2.75, 3.05) is 33.3 Å². The first-order valence-electron chi connectivity index (χ1n) is 10.8. The van der Waals surface area contributed by atoms with Gasteiger partial charge < -0.3 is 24.3 Å². The van der Waals surface area contributed by atoms with Gasteiger partial charge in [-0.15, -0.1) is 11.3 Å². The SMILES string of the molecule is CCOC(=O)c1cc([C@@H](C)CCC=C(C)C)sc1NC(=O)c1cc(OC)c(OC)c(OC)c1. The number of hydrogen-bond acceptors (Lipinski definition) is 7. The maximum Gasteiger partial charge on any atom is 0.341 e. The average Bonchev–Trinajstić information content (AvgIpc) is 3.21. The fourth-order valence-electron chi connectivity index (χ4n) is 3.26. The van der Waals surface area contributed by atoms with E-state index in [1.54, 1.807) is 19.1 Å². The van der Waals surface area contributed by atoms with E-state index in [0.29, 0.717) is 33.4 Å². The molecule has 0 bridgehead atoms. The van der Waals surface area contributed by atoms with Crippen LogP contribution in [0.25, 0.3) is 0 Å². The summed E-state index contributed by atoms with van der Waals surface area (Å²) in [5.74, 6) is 0.500. The Hall–Kier alpha value is -3.00. The normalized spacial score (nSPS) is 11.4. The predicted octanol–water partition coefficient (Wildman–Crippen LogP) is 6.05. The number of esters is 1. The Morgan fingerprint density at radius 1 is 1.06 bits per heavy atom. The Morgan fingerprint density at radius 3 is 2.21 bits per heavy atom. The zero-order valence-electron chi connectivity index (χ0n) is 20.4. The number of amides is 1. The number of benzene rings is 1. The molecule has 2 rings (SSSR count). The van der Waals surface area contributed by atoms with Crippen molar-refractivity contribution >= 4 is 28.2 Å². The fourth-order valence-corrected chi connectivity index (χ4v) is 4.39. The van der Waals surface area contributed by atoms with E-state index in [2.05, 4.69) is 32.2 Å². The van der Waals surface area contributed by atoms with Crippen LogP contribution in [0.3, 0.4) is 0 Å². The molecule has 1 amide bonds. The van der Waals surface area contributed by atoms with Crippen LogP contribution in [0.2, 0.25) is 0 Å². The molecule has 33 heavy (non-hydrogen) atoms. The lowest BCUT2D eigenvalue weighted by atomic mass is 10.0. The summed E-state index contributed by atoms with van der Waals surface area (Å²) in [7, 11) is 4.47. The lowest BCUT2D eigenvalue weighted by molar-refractivity contribution is 0.0528. The molecule has 8 heteroatoms. The number of thiophene rings is 1. The topological polar surface area (TPSA) is 83.1 Å². The average molecular weight is 476 g/mol.